The second kappa shape index (κ2) is 5.23. The molecule has 92 valence electrons. The van der Waals surface area contributed by atoms with Crippen LogP contribution in [0.5, 0.6) is 5.75 Å². The number of carboxylic acids is 1. The molecular weight excluding hydrogens is 230 g/mol. The average molecular weight is 243 g/mol. The van der Waals surface area contributed by atoms with Crippen LogP contribution in [-0.4, -0.2) is 22.7 Å². The number of hydrogen-bond acceptors (Lipinski definition) is 3. The van der Waals surface area contributed by atoms with Crippen LogP contribution in [0.2, 0.25) is 0 Å². The summed E-state index contributed by atoms with van der Waals surface area (Å²) in [7, 11) is 0. The number of aromatic hydroxyl groups is 1. The first-order valence-electron chi connectivity index (χ1n) is 5.51. The van der Waals surface area contributed by atoms with Gasteiger partial charge in [0.1, 0.15) is 12.3 Å². The molecule has 2 aromatic rings. The van der Waals surface area contributed by atoms with Crippen molar-refractivity contribution in [1.29, 1.82) is 0 Å². The first kappa shape index (κ1) is 12.0. The van der Waals surface area contributed by atoms with E-state index in [1.165, 1.54) is 6.07 Å². The molecule has 0 aliphatic rings. The number of nitrogens with zero attached hydrogens (tertiary/aromatic N) is 1. The Morgan fingerprint density at radius 2 is 1.61 bits per heavy atom. The number of phenols is 1. The highest BCUT2D eigenvalue weighted by Crippen LogP contribution is 2.32. The van der Waals surface area contributed by atoms with Gasteiger partial charge in [-0.15, -0.1) is 0 Å². The smallest absolute Gasteiger partial charge is 0.323 e. The lowest BCUT2D eigenvalue weighted by molar-refractivity contribution is -0.135. The van der Waals surface area contributed by atoms with Crippen LogP contribution in [0.1, 0.15) is 0 Å². The molecule has 4 nitrogen and oxygen atoms in total. The molecule has 0 spiro atoms. The standard InChI is InChI=1S/C14H13NO3/c16-13-9-5-4-8-12(13)15(10-14(17)18)11-6-2-1-3-7-11/h1-9,16H,10H2,(H,17,18). The first-order valence-corrected chi connectivity index (χ1v) is 5.51. The minimum absolute atomic E-state index is 0.0580. The maximum Gasteiger partial charge on any atom is 0.323 e. The Morgan fingerprint density at radius 3 is 2.22 bits per heavy atom. The largest absolute Gasteiger partial charge is 0.506 e. The van der Waals surface area contributed by atoms with Crippen molar-refractivity contribution >= 4 is 17.3 Å². The summed E-state index contributed by atoms with van der Waals surface area (Å²) in [5, 5.41) is 18.8. The summed E-state index contributed by atoms with van der Waals surface area (Å²) < 4.78 is 0. The van der Waals surface area contributed by atoms with Crippen molar-refractivity contribution < 1.29 is 15.0 Å². The van der Waals surface area contributed by atoms with E-state index in [-0.39, 0.29) is 12.3 Å². The number of hydrogen-bond donors (Lipinski definition) is 2. The van der Waals surface area contributed by atoms with Crippen LogP contribution in [0.15, 0.2) is 54.6 Å². The lowest BCUT2D eigenvalue weighted by Gasteiger charge is -2.23. The Bertz CT molecular complexity index is 540. The fourth-order valence-electron chi connectivity index (χ4n) is 1.75. The number of benzene rings is 2. The molecule has 0 amide bonds. The summed E-state index contributed by atoms with van der Waals surface area (Å²) in [6, 6.07) is 15.8. The quantitative estimate of drug-likeness (QED) is 0.866. The van der Waals surface area contributed by atoms with Crippen LogP contribution >= 0.6 is 0 Å². The van der Waals surface area contributed by atoms with Gasteiger partial charge in [0.15, 0.2) is 0 Å². The Kier molecular flexibility index (Phi) is 3.48. The Balaban J connectivity index is 2.44. The topological polar surface area (TPSA) is 60.8 Å². The number of para-hydroxylation sites is 3. The predicted octanol–water partition coefficient (Wildman–Crippen LogP) is 2.61. The number of carbonyl (C=O) groups is 1. The summed E-state index contributed by atoms with van der Waals surface area (Å²) in [6.45, 7) is -0.207. The van der Waals surface area contributed by atoms with Gasteiger partial charge in [-0.3, -0.25) is 4.79 Å². The fraction of sp³-hybridized carbons (Fsp3) is 0.0714. The molecule has 2 N–H and O–H groups in total. The minimum atomic E-state index is -0.956. The molecule has 0 unspecified atom stereocenters. The molecule has 0 aliphatic carbocycles. The van der Waals surface area contributed by atoms with Crippen LogP contribution < -0.4 is 4.90 Å². The third kappa shape index (κ3) is 2.60. The van der Waals surface area contributed by atoms with Crippen LogP contribution in [-0.2, 0) is 4.79 Å². The van der Waals surface area contributed by atoms with Crippen molar-refractivity contribution in [3.05, 3.63) is 54.6 Å². The van der Waals surface area contributed by atoms with Gasteiger partial charge in [0, 0.05) is 5.69 Å². The molecule has 0 radical (unpaired) electrons. The second-order valence-corrected chi connectivity index (χ2v) is 3.80. The van der Waals surface area contributed by atoms with Crippen molar-refractivity contribution in [2.75, 3.05) is 11.4 Å². The zero-order chi connectivity index (χ0) is 13.0. The van der Waals surface area contributed by atoms with Crippen molar-refractivity contribution in [3.8, 4) is 5.75 Å². The predicted molar refractivity (Wildman–Crippen MR) is 69.2 cm³/mol. The second-order valence-electron chi connectivity index (χ2n) is 3.80. The van der Waals surface area contributed by atoms with E-state index >= 15 is 0 Å². The number of carboxylic acid groups (broad SMARTS) is 1. The summed E-state index contributed by atoms with van der Waals surface area (Å²) in [5.41, 5.74) is 1.20. The number of rotatable bonds is 4. The van der Waals surface area contributed by atoms with E-state index in [1.54, 1.807) is 35.2 Å². The van der Waals surface area contributed by atoms with Crippen LogP contribution in [0.4, 0.5) is 11.4 Å². The van der Waals surface area contributed by atoms with Crippen molar-refractivity contribution in [2.24, 2.45) is 0 Å². The Morgan fingerprint density at radius 1 is 1.00 bits per heavy atom. The van der Waals surface area contributed by atoms with Gasteiger partial charge >= 0.3 is 5.97 Å². The van der Waals surface area contributed by atoms with Crippen LogP contribution in [0.3, 0.4) is 0 Å². The van der Waals surface area contributed by atoms with Gasteiger partial charge in [0.2, 0.25) is 0 Å². The summed E-state index contributed by atoms with van der Waals surface area (Å²) in [4.78, 5) is 12.5. The molecular formula is C14H13NO3. The molecule has 4 heteroatoms. The highest BCUT2D eigenvalue weighted by atomic mass is 16.4. The van der Waals surface area contributed by atoms with Gasteiger partial charge in [-0.2, -0.15) is 0 Å². The van der Waals surface area contributed by atoms with Gasteiger partial charge in [0.05, 0.1) is 5.69 Å². The lowest BCUT2D eigenvalue weighted by Crippen LogP contribution is -2.24. The van der Waals surface area contributed by atoms with E-state index in [4.69, 9.17) is 5.11 Å². The van der Waals surface area contributed by atoms with E-state index in [2.05, 4.69) is 0 Å². The van der Waals surface area contributed by atoms with Gasteiger partial charge in [-0.1, -0.05) is 30.3 Å². The normalized spacial score (nSPS) is 10.0. The van der Waals surface area contributed by atoms with Crippen molar-refractivity contribution in [3.63, 3.8) is 0 Å². The third-order valence-electron chi connectivity index (χ3n) is 2.53. The molecule has 0 saturated carbocycles. The first-order chi connectivity index (χ1) is 8.68. The third-order valence-corrected chi connectivity index (χ3v) is 2.53. The van der Waals surface area contributed by atoms with Crippen molar-refractivity contribution in [1.82, 2.24) is 0 Å². The molecule has 0 fully saturated rings. The SMILES string of the molecule is O=C(O)CN(c1ccccc1)c1ccccc1O. The number of phenolic OH excluding ortho intramolecular Hbond substituents is 1. The van der Waals surface area contributed by atoms with E-state index in [0.29, 0.717) is 5.69 Å². The molecule has 2 rings (SSSR count). The highest BCUT2D eigenvalue weighted by molar-refractivity contribution is 5.80. The maximum atomic E-state index is 10.9. The lowest BCUT2D eigenvalue weighted by atomic mass is 10.2. The number of aliphatic carboxylic acids is 1. The molecule has 18 heavy (non-hydrogen) atoms. The molecule has 0 saturated heterocycles. The monoisotopic (exact) mass is 243 g/mol. The Hall–Kier alpha value is -2.49. The van der Waals surface area contributed by atoms with Crippen LogP contribution in [0.25, 0.3) is 0 Å². The molecule has 0 heterocycles. The van der Waals surface area contributed by atoms with Gasteiger partial charge in [-0.25, -0.2) is 0 Å². The van der Waals surface area contributed by atoms with E-state index in [0.717, 1.165) is 5.69 Å². The van der Waals surface area contributed by atoms with Gasteiger partial charge in [0.25, 0.3) is 0 Å². The highest BCUT2D eigenvalue weighted by Gasteiger charge is 2.15. The molecule has 2 aromatic carbocycles. The molecule has 0 aromatic heterocycles. The maximum absolute atomic E-state index is 10.9. The zero-order valence-electron chi connectivity index (χ0n) is 9.65. The zero-order valence-corrected chi connectivity index (χ0v) is 9.65. The van der Waals surface area contributed by atoms with E-state index in [1.807, 2.05) is 18.2 Å². The van der Waals surface area contributed by atoms with E-state index in [9.17, 15) is 9.90 Å². The number of anilines is 2. The molecule has 0 bridgehead atoms. The Labute approximate surface area is 105 Å². The van der Waals surface area contributed by atoms with E-state index < -0.39 is 5.97 Å². The fourth-order valence-corrected chi connectivity index (χ4v) is 1.75. The molecule has 0 aliphatic heterocycles. The summed E-state index contributed by atoms with van der Waals surface area (Å²) >= 11 is 0. The van der Waals surface area contributed by atoms with Crippen molar-refractivity contribution in [2.45, 2.75) is 0 Å². The minimum Gasteiger partial charge on any atom is -0.506 e. The molecule has 0 atom stereocenters. The van der Waals surface area contributed by atoms with Crippen LogP contribution in [0, 0.1) is 0 Å². The average Bonchev–Trinajstić information content (AvgIpc) is 2.38. The summed E-state index contributed by atoms with van der Waals surface area (Å²) in [6.07, 6.45) is 0. The van der Waals surface area contributed by atoms with Gasteiger partial charge < -0.3 is 15.1 Å². The van der Waals surface area contributed by atoms with Gasteiger partial charge in [-0.05, 0) is 24.3 Å². The summed E-state index contributed by atoms with van der Waals surface area (Å²) in [5.74, 6) is -0.898.